The highest BCUT2D eigenvalue weighted by Crippen LogP contribution is 2.23. The van der Waals surface area contributed by atoms with Crippen molar-refractivity contribution >= 4 is 11.4 Å². The lowest BCUT2D eigenvalue weighted by atomic mass is 10.1. The second-order valence-corrected chi connectivity index (χ2v) is 3.84. The number of anilines is 2. The zero-order valence-electron chi connectivity index (χ0n) is 9.67. The van der Waals surface area contributed by atoms with Gasteiger partial charge in [-0.3, -0.25) is 0 Å². The molecule has 2 rings (SSSR count). The van der Waals surface area contributed by atoms with Gasteiger partial charge in [0.2, 0.25) is 0 Å². The van der Waals surface area contributed by atoms with Crippen molar-refractivity contribution < 1.29 is 8.78 Å². The van der Waals surface area contributed by atoms with Gasteiger partial charge in [-0.15, -0.1) is 0 Å². The number of benzene rings is 2. The first kappa shape index (κ1) is 12.1. The van der Waals surface area contributed by atoms with Crippen LogP contribution in [0.3, 0.4) is 0 Å². The molecule has 2 aromatic carbocycles. The van der Waals surface area contributed by atoms with Gasteiger partial charge in [0.05, 0.1) is 5.56 Å². The highest BCUT2D eigenvalue weighted by Gasteiger charge is 2.06. The number of nitrogens with one attached hydrogen (secondary N) is 1. The number of halogens is 2. The van der Waals surface area contributed by atoms with E-state index in [4.69, 9.17) is 5.26 Å². The Kier molecular flexibility index (Phi) is 3.24. The van der Waals surface area contributed by atoms with E-state index in [1.54, 1.807) is 31.2 Å². The third-order valence-electron chi connectivity index (χ3n) is 2.64. The van der Waals surface area contributed by atoms with Gasteiger partial charge in [0.15, 0.2) is 0 Å². The number of hydrogen-bond donors (Lipinski definition) is 1. The normalized spacial score (nSPS) is 9.89. The van der Waals surface area contributed by atoms with Crippen LogP contribution in [0, 0.1) is 29.9 Å². The quantitative estimate of drug-likeness (QED) is 0.869. The maximum atomic E-state index is 13.4. The molecule has 0 aromatic heterocycles. The van der Waals surface area contributed by atoms with Crippen molar-refractivity contribution in [2.75, 3.05) is 5.32 Å². The van der Waals surface area contributed by atoms with E-state index >= 15 is 0 Å². The minimum atomic E-state index is -0.600. The van der Waals surface area contributed by atoms with E-state index in [-0.39, 0.29) is 11.4 Å². The SMILES string of the molecule is Cc1c(F)cccc1Nc1ccc(C#N)c(F)c1. The van der Waals surface area contributed by atoms with Crippen LogP contribution < -0.4 is 5.32 Å². The van der Waals surface area contributed by atoms with Gasteiger partial charge in [-0.05, 0) is 37.3 Å². The van der Waals surface area contributed by atoms with Crippen LogP contribution in [0.25, 0.3) is 0 Å². The maximum absolute atomic E-state index is 13.4. The van der Waals surface area contributed by atoms with E-state index in [2.05, 4.69) is 5.32 Å². The fourth-order valence-corrected chi connectivity index (χ4v) is 1.58. The lowest BCUT2D eigenvalue weighted by Crippen LogP contribution is -1.96. The molecule has 2 nitrogen and oxygen atoms in total. The summed E-state index contributed by atoms with van der Waals surface area (Å²) in [4.78, 5) is 0. The third kappa shape index (κ3) is 2.30. The molecule has 18 heavy (non-hydrogen) atoms. The molecule has 2 aromatic rings. The Balaban J connectivity index is 2.32. The zero-order valence-corrected chi connectivity index (χ0v) is 9.67. The van der Waals surface area contributed by atoms with E-state index in [1.165, 1.54) is 18.2 Å². The molecular formula is C14H10F2N2. The molecule has 0 bridgehead atoms. The molecule has 90 valence electrons. The largest absolute Gasteiger partial charge is 0.355 e. The Labute approximate surface area is 103 Å². The standard InChI is InChI=1S/C14H10F2N2/c1-9-12(15)3-2-4-14(9)18-11-6-5-10(8-17)13(16)7-11/h2-7,18H,1H3. The third-order valence-corrected chi connectivity index (χ3v) is 2.64. The van der Waals surface area contributed by atoms with Gasteiger partial charge in [0.1, 0.15) is 17.7 Å². The van der Waals surface area contributed by atoms with Crippen molar-refractivity contribution in [1.82, 2.24) is 0 Å². The molecule has 0 radical (unpaired) electrons. The molecule has 0 amide bonds. The van der Waals surface area contributed by atoms with Gasteiger partial charge in [-0.1, -0.05) is 6.07 Å². The molecule has 0 saturated heterocycles. The molecule has 0 unspecified atom stereocenters. The van der Waals surface area contributed by atoms with Crippen LogP contribution in [0.1, 0.15) is 11.1 Å². The molecule has 0 heterocycles. The van der Waals surface area contributed by atoms with Gasteiger partial charge in [-0.25, -0.2) is 8.78 Å². The first-order chi connectivity index (χ1) is 8.61. The van der Waals surface area contributed by atoms with Crippen molar-refractivity contribution in [1.29, 1.82) is 5.26 Å². The average Bonchev–Trinajstić information content (AvgIpc) is 2.35. The molecule has 0 aliphatic rings. The Morgan fingerprint density at radius 1 is 1.11 bits per heavy atom. The second-order valence-electron chi connectivity index (χ2n) is 3.84. The van der Waals surface area contributed by atoms with E-state index in [0.717, 1.165) is 0 Å². The van der Waals surface area contributed by atoms with Crippen molar-refractivity contribution in [3.05, 3.63) is 59.2 Å². The summed E-state index contributed by atoms with van der Waals surface area (Å²) < 4.78 is 26.7. The van der Waals surface area contributed by atoms with Crippen LogP contribution in [-0.4, -0.2) is 0 Å². The highest BCUT2D eigenvalue weighted by atomic mass is 19.1. The summed E-state index contributed by atoms with van der Waals surface area (Å²) in [5.41, 5.74) is 1.48. The predicted octanol–water partition coefficient (Wildman–Crippen LogP) is 3.89. The summed E-state index contributed by atoms with van der Waals surface area (Å²) in [6.07, 6.45) is 0. The Morgan fingerprint density at radius 3 is 2.56 bits per heavy atom. The molecule has 0 aliphatic carbocycles. The van der Waals surface area contributed by atoms with Crippen LogP contribution in [0.2, 0.25) is 0 Å². The molecule has 0 aliphatic heterocycles. The van der Waals surface area contributed by atoms with E-state index in [1.807, 2.05) is 0 Å². The molecular weight excluding hydrogens is 234 g/mol. The minimum Gasteiger partial charge on any atom is -0.355 e. The zero-order chi connectivity index (χ0) is 13.1. The molecule has 1 N–H and O–H groups in total. The van der Waals surface area contributed by atoms with Gasteiger partial charge >= 0.3 is 0 Å². The van der Waals surface area contributed by atoms with Crippen LogP contribution in [-0.2, 0) is 0 Å². The van der Waals surface area contributed by atoms with Crippen LogP contribution >= 0.6 is 0 Å². The first-order valence-electron chi connectivity index (χ1n) is 5.33. The van der Waals surface area contributed by atoms with Crippen molar-refractivity contribution in [3.8, 4) is 6.07 Å². The Hall–Kier alpha value is -2.41. The van der Waals surface area contributed by atoms with Crippen LogP contribution in [0.15, 0.2) is 36.4 Å². The fourth-order valence-electron chi connectivity index (χ4n) is 1.58. The average molecular weight is 244 g/mol. The van der Waals surface area contributed by atoms with Crippen molar-refractivity contribution in [2.45, 2.75) is 6.92 Å². The number of nitriles is 1. The molecule has 0 fully saturated rings. The topological polar surface area (TPSA) is 35.8 Å². The van der Waals surface area contributed by atoms with Gasteiger partial charge in [0.25, 0.3) is 0 Å². The van der Waals surface area contributed by atoms with Crippen LogP contribution in [0.5, 0.6) is 0 Å². The lowest BCUT2D eigenvalue weighted by molar-refractivity contribution is 0.619. The van der Waals surface area contributed by atoms with Crippen molar-refractivity contribution in [2.24, 2.45) is 0 Å². The van der Waals surface area contributed by atoms with E-state index in [9.17, 15) is 8.78 Å². The van der Waals surface area contributed by atoms with E-state index in [0.29, 0.717) is 16.9 Å². The van der Waals surface area contributed by atoms with E-state index < -0.39 is 5.82 Å². The molecule has 4 heteroatoms. The van der Waals surface area contributed by atoms with Crippen LogP contribution in [0.4, 0.5) is 20.2 Å². The first-order valence-corrected chi connectivity index (χ1v) is 5.33. The fraction of sp³-hybridized carbons (Fsp3) is 0.0714. The monoisotopic (exact) mass is 244 g/mol. The summed E-state index contributed by atoms with van der Waals surface area (Å²) in [5.74, 6) is -0.925. The Morgan fingerprint density at radius 2 is 1.89 bits per heavy atom. The summed E-state index contributed by atoms with van der Waals surface area (Å²) in [5, 5.41) is 11.5. The summed E-state index contributed by atoms with van der Waals surface area (Å²) in [7, 11) is 0. The number of nitrogens with zero attached hydrogens (tertiary/aromatic N) is 1. The van der Waals surface area contributed by atoms with Gasteiger partial charge in [0, 0.05) is 16.9 Å². The highest BCUT2D eigenvalue weighted by molar-refractivity contribution is 5.63. The van der Waals surface area contributed by atoms with Gasteiger partial charge < -0.3 is 5.32 Å². The smallest absolute Gasteiger partial charge is 0.143 e. The molecule has 0 atom stereocenters. The lowest BCUT2D eigenvalue weighted by Gasteiger charge is -2.10. The summed E-state index contributed by atoms with van der Waals surface area (Å²) in [6.45, 7) is 1.64. The summed E-state index contributed by atoms with van der Waals surface area (Å²) in [6, 6.07) is 10.5. The number of hydrogen-bond acceptors (Lipinski definition) is 2. The minimum absolute atomic E-state index is 0.0171. The molecule has 0 spiro atoms. The van der Waals surface area contributed by atoms with Crippen molar-refractivity contribution in [3.63, 3.8) is 0 Å². The maximum Gasteiger partial charge on any atom is 0.143 e. The molecule has 0 saturated carbocycles. The summed E-state index contributed by atoms with van der Waals surface area (Å²) >= 11 is 0. The second kappa shape index (κ2) is 4.84. The number of rotatable bonds is 2. The Bertz CT molecular complexity index is 630. The predicted molar refractivity (Wildman–Crippen MR) is 65.5 cm³/mol. The van der Waals surface area contributed by atoms with Gasteiger partial charge in [-0.2, -0.15) is 5.26 Å².